The van der Waals surface area contributed by atoms with Crippen LogP contribution in [0.5, 0.6) is 0 Å². The molecule has 0 spiro atoms. The van der Waals surface area contributed by atoms with Crippen LogP contribution in [0.4, 0.5) is 5.69 Å². The van der Waals surface area contributed by atoms with Gasteiger partial charge in [0.2, 0.25) is 5.91 Å². The lowest BCUT2D eigenvalue weighted by molar-refractivity contribution is -0.120. The van der Waals surface area contributed by atoms with Gasteiger partial charge in [-0.1, -0.05) is 39.8 Å². The van der Waals surface area contributed by atoms with Crippen LogP contribution < -0.4 is 4.90 Å². The number of aryl methyl sites for hydroxylation is 1. The van der Waals surface area contributed by atoms with Crippen LogP contribution in [0.25, 0.3) is 0 Å². The van der Waals surface area contributed by atoms with Crippen LogP contribution in [0.2, 0.25) is 0 Å². The number of carbonyl (C=O) groups excluding carboxylic acids is 1. The summed E-state index contributed by atoms with van der Waals surface area (Å²) in [5.74, 6) is 0.218. The average molecular weight is 247 g/mol. The molecule has 0 N–H and O–H groups in total. The van der Waals surface area contributed by atoms with Gasteiger partial charge in [-0.2, -0.15) is 0 Å². The van der Waals surface area contributed by atoms with Gasteiger partial charge in [0.25, 0.3) is 0 Å². The van der Waals surface area contributed by atoms with Crippen molar-refractivity contribution in [2.45, 2.75) is 47.5 Å². The highest BCUT2D eigenvalue weighted by molar-refractivity contribution is 5.93. The van der Waals surface area contributed by atoms with E-state index in [2.05, 4.69) is 46.8 Å². The van der Waals surface area contributed by atoms with Crippen LogP contribution in [0.3, 0.4) is 0 Å². The molecule has 1 aromatic rings. The molecule has 18 heavy (non-hydrogen) atoms. The predicted molar refractivity (Wildman–Crippen MR) is 77.9 cm³/mol. The fourth-order valence-electron chi connectivity index (χ4n) is 1.97. The normalized spacial score (nSPS) is 11.4. The molecule has 0 atom stereocenters. The largest absolute Gasteiger partial charge is 0.312 e. The summed E-state index contributed by atoms with van der Waals surface area (Å²) in [6, 6.07) is 8.17. The maximum Gasteiger partial charge on any atom is 0.227 e. The Balaban J connectivity index is 2.92. The Labute approximate surface area is 111 Å². The molecule has 100 valence electrons. The van der Waals surface area contributed by atoms with Crippen molar-refractivity contribution in [3.05, 3.63) is 29.8 Å². The van der Waals surface area contributed by atoms with E-state index in [-0.39, 0.29) is 11.3 Å². The topological polar surface area (TPSA) is 20.3 Å². The highest BCUT2D eigenvalue weighted by Crippen LogP contribution is 2.23. The SMILES string of the molecule is CCCN(C(=O)CC(C)(C)C)c1cccc(C)c1. The van der Waals surface area contributed by atoms with Gasteiger partial charge in [0, 0.05) is 18.7 Å². The van der Waals surface area contributed by atoms with Crippen LogP contribution in [-0.4, -0.2) is 12.5 Å². The first-order valence-corrected chi connectivity index (χ1v) is 6.70. The Morgan fingerprint density at radius 2 is 1.94 bits per heavy atom. The van der Waals surface area contributed by atoms with Gasteiger partial charge in [-0.05, 0) is 36.5 Å². The minimum absolute atomic E-state index is 0.0346. The number of nitrogens with zero attached hydrogens (tertiary/aromatic N) is 1. The summed E-state index contributed by atoms with van der Waals surface area (Å²) < 4.78 is 0. The number of hydrogen-bond donors (Lipinski definition) is 0. The molecule has 2 heteroatoms. The van der Waals surface area contributed by atoms with Gasteiger partial charge in [-0.15, -0.1) is 0 Å². The molecular weight excluding hydrogens is 222 g/mol. The number of anilines is 1. The lowest BCUT2D eigenvalue weighted by Crippen LogP contribution is -2.34. The second-order valence-electron chi connectivity index (χ2n) is 6.12. The molecule has 0 heterocycles. The summed E-state index contributed by atoms with van der Waals surface area (Å²) in [5.41, 5.74) is 2.25. The lowest BCUT2D eigenvalue weighted by atomic mass is 9.91. The van der Waals surface area contributed by atoms with Crippen LogP contribution in [-0.2, 0) is 4.79 Å². The molecule has 0 fully saturated rings. The third-order valence-electron chi connectivity index (χ3n) is 2.74. The minimum atomic E-state index is 0.0346. The van der Waals surface area contributed by atoms with E-state index < -0.39 is 0 Å². The highest BCUT2D eigenvalue weighted by Gasteiger charge is 2.21. The van der Waals surface area contributed by atoms with Crippen molar-refractivity contribution in [1.82, 2.24) is 0 Å². The summed E-state index contributed by atoms with van der Waals surface area (Å²) in [4.78, 5) is 14.3. The first kappa shape index (κ1) is 14.7. The second kappa shape index (κ2) is 6.03. The molecule has 1 amide bonds. The van der Waals surface area contributed by atoms with Crippen molar-refractivity contribution in [3.8, 4) is 0 Å². The van der Waals surface area contributed by atoms with Crippen molar-refractivity contribution in [1.29, 1.82) is 0 Å². The van der Waals surface area contributed by atoms with E-state index in [4.69, 9.17) is 0 Å². The number of benzene rings is 1. The molecule has 0 aliphatic carbocycles. The van der Waals surface area contributed by atoms with Crippen molar-refractivity contribution in [2.75, 3.05) is 11.4 Å². The molecule has 0 saturated carbocycles. The minimum Gasteiger partial charge on any atom is -0.312 e. The molecule has 2 nitrogen and oxygen atoms in total. The third kappa shape index (κ3) is 4.52. The smallest absolute Gasteiger partial charge is 0.227 e. The van der Waals surface area contributed by atoms with Gasteiger partial charge < -0.3 is 4.90 Å². The quantitative estimate of drug-likeness (QED) is 0.781. The summed E-state index contributed by atoms with van der Waals surface area (Å²) >= 11 is 0. The Morgan fingerprint density at radius 3 is 2.44 bits per heavy atom. The molecule has 0 unspecified atom stereocenters. The standard InChI is InChI=1S/C16H25NO/c1-6-10-17(15(18)12-16(3,4)5)14-9-7-8-13(2)11-14/h7-9,11H,6,10,12H2,1-5H3. The predicted octanol–water partition coefficient (Wildman–Crippen LogP) is 4.17. The summed E-state index contributed by atoms with van der Waals surface area (Å²) in [6.07, 6.45) is 1.56. The van der Waals surface area contributed by atoms with Crippen LogP contribution >= 0.6 is 0 Å². The average Bonchev–Trinajstić information content (AvgIpc) is 2.23. The van der Waals surface area contributed by atoms with Gasteiger partial charge in [0.1, 0.15) is 0 Å². The molecule has 0 aliphatic rings. The molecule has 0 aromatic heterocycles. The van der Waals surface area contributed by atoms with Crippen molar-refractivity contribution >= 4 is 11.6 Å². The number of carbonyl (C=O) groups is 1. The fourth-order valence-corrected chi connectivity index (χ4v) is 1.97. The van der Waals surface area contributed by atoms with E-state index >= 15 is 0 Å². The highest BCUT2D eigenvalue weighted by atomic mass is 16.2. The molecule has 1 rings (SSSR count). The van der Waals surface area contributed by atoms with Gasteiger partial charge >= 0.3 is 0 Å². The lowest BCUT2D eigenvalue weighted by Gasteiger charge is -2.26. The molecular formula is C16H25NO. The van der Waals surface area contributed by atoms with Crippen molar-refractivity contribution in [3.63, 3.8) is 0 Å². The van der Waals surface area contributed by atoms with Gasteiger partial charge in [-0.3, -0.25) is 4.79 Å². The molecule has 1 aromatic carbocycles. The van der Waals surface area contributed by atoms with Crippen LogP contribution in [0, 0.1) is 12.3 Å². The molecule has 0 aliphatic heterocycles. The molecule has 0 bridgehead atoms. The zero-order chi connectivity index (χ0) is 13.8. The van der Waals surface area contributed by atoms with Crippen molar-refractivity contribution in [2.24, 2.45) is 5.41 Å². The van der Waals surface area contributed by atoms with E-state index in [9.17, 15) is 4.79 Å². The Bertz CT molecular complexity index is 404. The van der Waals surface area contributed by atoms with E-state index in [0.29, 0.717) is 6.42 Å². The summed E-state index contributed by atoms with van der Waals surface area (Å²) in [6.45, 7) is 11.3. The molecule has 0 saturated heterocycles. The van der Waals surface area contributed by atoms with E-state index in [0.717, 1.165) is 18.7 Å². The monoisotopic (exact) mass is 247 g/mol. The van der Waals surface area contributed by atoms with Crippen LogP contribution in [0.15, 0.2) is 24.3 Å². The van der Waals surface area contributed by atoms with Crippen molar-refractivity contribution < 1.29 is 4.79 Å². The maximum absolute atomic E-state index is 12.4. The Kier molecular flexibility index (Phi) is 4.94. The van der Waals surface area contributed by atoms with Gasteiger partial charge in [0.05, 0.1) is 0 Å². The first-order chi connectivity index (χ1) is 8.33. The summed E-state index contributed by atoms with van der Waals surface area (Å²) in [5, 5.41) is 0. The Hall–Kier alpha value is -1.31. The zero-order valence-electron chi connectivity index (χ0n) is 12.3. The van der Waals surface area contributed by atoms with Gasteiger partial charge in [0.15, 0.2) is 0 Å². The van der Waals surface area contributed by atoms with E-state index in [1.165, 1.54) is 5.56 Å². The summed E-state index contributed by atoms with van der Waals surface area (Å²) in [7, 11) is 0. The Morgan fingerprint density at radius 1 is 1.28 bits per heavy atom. The first-order valence-electron chi connectivity index (χ1n) is 6.70. The third-order valence-corrected chi connectivity index (χ3v) is 2.74. The fraction of sp³-hybridized carbons (Fsp3) is 0.562. The number of amides is 1. The number of hydrogen-bond acceptors (Lipinski definition) is 1. The maximum atomic E-state index is 12.4. The van der Waals surface area contributed by atoms with E-state index in [1.807, 2.05) is 17.0 Å². The van der Waals surface area contributed by atoms with Crippen LogP contribution in [0.1, 0.15) is 46.1 Å². The van der Waals surface area contributed by atoms with Gasteiger partial charge in [-0.25, -0.2) is 0 Å². The zero-order valence-corrected chi connectivity index (χ0v) is 12.3. The van der Waals surface area contributed by atoms with E-state index in [1.54, 1.807) is 0 Å². The molecule has 0 radical (unpaired) electrons. The number of rotatable bonds is 4. The second-order valence-corrected chi connectivity index (χ2v) is 6.12.